The molecule has 3 rings (SSSR count). The van der Waals surface area contributed by atoms with Crippen LogP contribution in [0.25, 0.3) is 0 Å². The molecule has 1 aliphatic rings. The van der Waals surface area contributed by atoms with E-state index in [9.17, 15) is 4.79 Å². The first-order valence-corrected chi connectivity index (χ1v) is 8.90. The molecule has 1 amide bonds. The molecule has 1 aliphatic carbocycles. The van der Waals surface area contributed by atoms with E-state index in [1.54, 1.807) is 17.5 Å². The Morgan fingerprint density at radius 3 is 3.00 bits per heavy atom. The minimum Gasteiger partial charge on any atom is -0.348 e. The largest absolute Gasteiger partial charge is 0.348 e. The van der Waals surface area contributed by atoms with Gasteiger partial charge < -0.3 is 5.32 Å². The number of rotatable bonds is 5. The molecule has 2 aromatic rings. The maximum Gasteiger partial charge on any atom is 0.273 e. The zero-order valence-corrected chi connectivity index (χ0v) is 13.7. The predicted molar refractivity (Wildman–Crippen MR) is 87.1 cm³/mol. The maximum absolute atomic E-state index is 12.3. The van der Waals surface area contributed by atoms with Gasteiger partial charge in [0.25, 0.3) is 5.91 Å². The van der Waals surface area contributed by atoms with Crippen LogP contribution < -0.4 is 5.32 Å². The first-order chi connectivity index (χ1) is 10.7. The fraction of sp³-hybridized carbons (Fsp3) is 0.562. The van der Waals surface area contributed by atoms with Crippen molar-refractivity contribution in [3.05, 3.63) is 34.3 Å². The van der Waals surface area contributed by atoms with Gasteiger partial charge >= 0.3 is 0 Å². The number of nitrogens with one attached hydrogen (secondary N) is 1. The molecule has 6 heteroatoms. The third-order valence-corrected chi connectivity index (χ3v) is 4.92. The minimum absolute atomic E-state index is 0.0851. The normalized spacial score (nSPS) is 17.3. The number of aromatic nitrogens is 3. The molecule has 1 N–H and O–H groups in total. The molecule has 0 aliphatic heterocycles. The van der Waals surface area contributed by atoms with Crippen LogP contribution in [0.2, 0.25) is 0 Å². The van der Waals surface area contributed by atoms with E-state index >= 15 is 0 Å². The van der Waals surface area contributed by atoms with Crippen LogP contribution in [0.1, 0.15) is 61.1 Å². The van der Waals surface area contributed by atoms with E-state index in [-0.39, 0.29) is 11.9 Å². The molecule has 1 atom stereocenters. The SMILES string of the molecule is CC(Cc1ccsc1)NC(=O)c1cn(C2CCCCC2)nn1. The summed E-state index contributed by atoms with van der Waals surface area (Å²) in [6, 6.07) is 2.58. The van der Waals surface area contributed by atoms with Crippen LogP contribution in [0.4, 0.5) is 0 Å². The Balaban J connectivity index is 1.56. The Kier molecular flexibility index (Phi) is 4.87. The number of carbonyl (C=O) groups is 1. The summed E-state index contributed by atoms with van der Waals surface area (Å²) in [4.78, 5) is 12.3. The second-order valence-corrected chi connectivity index (χ2v) is 6.87. The Morgan fingerprint density at radius 2 is 2.27 bits per heavy atom. The third kappa shape index (κ3) is 3.74. The van der Waals surface area contributed by atoms with Crippen molar-refractivity contribution in [2.24, 2.45) is 0 Å². The molecule has 1 fully saturated rings. The van der Waals surface area contributed by atoms with E-state index in [4.69, 9.17) is 0 Å². The van der Waals surface area contributed by atoms with Crippen molar-refractivity contribution in [3.63, 3.8) is 0 Å². The first kappa shape index (κ1) is 15.2. The summed E-state index contributed by atoms with van der Waals surface area (Å²) in [5.41, 5.74) is 1.67. The van der Waals surface area contributed by atoms with E-state index in [1.807, 2.05) is 11.6 Å². The maximum atomic E-state index is 12.3. The highest BCUT2D eigenvalue weighted by Gasteiger charge is 2.19. The second kappa shape index (κ2) is 7.05. The number of hydrogen-bond donors (Lipinski definition) is 1. The number of carbonyl (C=O) groups excluding carboxylic acids is 1. The van der Waals surface area contributed by atoms with Gasteiger partial charge in [-0.25, -0.2) is 4.68 Å². The quantitative estimate of drug-likeness (QED) is 0.921. The van der Waals surface area contributed by atoms with Gasteiger partial charge in [0.2, 0.25) is 0 Å². The number of thiophene rings is 1. The van der Waals surface area contributed by atoms with Crippen molar-refractivity contribution in [2.45, 2.75) is 57.5 Å². The Morgan fingerprint density at radius 1 is 1.45 bits per heavy atom. The van der Waals surface area contributed by atoms with Gasteiger partial charge in [0, 0.05) is 6.04 Å². The number of hydrogen-bond acceptors (Lipinski definition) is 4. The van der Waals surface area contributed by atoms with Gasteiger partial charge in [-0.2, -0.15) is 11.3 Å². The van der Waals surface area contributed by atoms with Gasteiger partial charge in [-0.1, -0.05) is 24.5 Å². The zero-order chi connectivity index (χ0) is 15.4. The van der Waals surface area contributed by atoms with Gasteiger partial charge in [0.05, 0.1) is 12.2 Å². The van der Waals surface area contributed by atoms with Crippen LogP contribution in [-0.4, -0.2) is 26.9 Å². The summed E-state index contributed by atoms with van der Waals surface area (Å²) in [5, 5.41) is 15.4. The lowest BCUT2D eigenvalue weighted by Crippen LogP contribution is -2.34. The molecule has 1 unspecified atom stereocenters. The van der Waals surface area contributed by atoms with Gasteiger partial charge in [0.1, 0.15) is 0 Å². The molecular weight excluding hydrogens is 296 g/mol. The zero-order valence-electron chi connectivity index (χ0n) is 12.9. The van der Waals surface area contributed by atoms with Crippen molar-refractivity contribution in [1.29, 1.82) is 0 Å². The molecular formula is C16H22N4OS. The average molecular weight is 318 g/mol. The molecule has 0 aromatic carbocycles. The van der Waals surface area contributed by atoms with Crippen LogP contribution in [0.5, 0.6) is 0 Å². The minimum atomic E-state index is -0.134. The van der Waals surface area contributed by atoms with E-state index in [1.165, 1.54) is 24.8 Å². The van der Waals surface area contributed by atoms with Crippen molar-refractivity contribution in [1.82, 2.24) is 20.3 Å². The molecule has 118 valence electrons. The van der Waals surface area contributed by atoms with Crippen molar-refractivity contribution < 1.29 is 4.79 Å². The monoisotopic (exact) mass is 318 g/mol. The smallest absolute Gasteiger partial charge is 0.273 e. The van der Waals surface area contributed by atoms with Crippen LogP contribution >= 0.6 is 11.3 Å². The van der Waals surface area contributed by atoms with Crippen LogP contribution in [0, 0.1) is 0 Å². The van der Waals surface area contributed by atoms with E-state index < -0.39 is 0 Å². The van der Waals surface area contributed by atoms with Crippen molar-refractivity contribution in [3.8, 4) is 0 Å². The van der Waals surface area contributed by atoms with E-state index in [0.717, 1.165) is 19.3 Å². The van der Waals surface area contributed by atoms with E-state index in [2.05, 4.69) is 32.5 Å². The Bertz CT molecular complexity index is 601. The standard InChI is InChI=1S/C16H22N4OS/c1-12(9-13-7-8-22-11-13)17-16(21)15-10-20(19-18-15)14-5-3-2-4-6-14/h7-8,10-12,14H,2-6,9H2,1H3,(H,17,21). The fourth-order valence-corrected chi connectivity index (χ4v) is 3.70. The summed E-state index contributed by atoms with van der Waals surface area (Å²) >= 11 is 1.68. The molecule has 0 saturated heterocycles. The molecule has 0 bridgehead atoms. The fourth-order valence-electron chi connectivity index (χ4n) is 3.02. The molecule has 22 heavy (non-hydrogen) atoms. The molecule has 2 heterocycles. The number of amides is 1. The topological polar surface area (TPSA) is 59.8 Å². The average Bonchev–Trinajstić information content (AvgIpc) is 3.19. The molecule has 5 nitrogen and oxygen atoms in total. The Hall–Kier alpha value is -1.69. The predicted octanol–water partition coefficient (Wildman–Crippen LogP) is 3.21. The lowest BCUT2D eigenvalue weighted by molar-refractivity contribution is 0.0935. The lowest BCUT2D eigenvalue weighted by Gasteiger charge is -2.20. The molecule has 2 aromatic heterocycles. The lowest BCUT2D eigenvalue weighted by atomic mass is 9.96. The summed E-state index contributed by atoms with van der Waals surface area (Å²) in [7, 11) is 0. The van der Waals surface area contributed by atoms with Crippen LogP contribution in [0.15, 0.2) is 23.0 Å². The summed E-state index contributed by atoms with van der Waals surface area (Å²) < 4.78 is 1.87. The summed E-state index contributed by atoms with van der Waals surface area (Å²) in [5.74, 6) is -0.134. The molecule has 1 saturated carbocycles. The van der Waals surface area contributed by atoms with Crippen molar-refractivity contribution in [2.75, 3.05) is 0 Å². The van der Waals surface area contributed by atoms with Gasteiger partial charge in [0.15, 0.2) is 5.69 Å². The van der Waals surface area contributed by atoms with Gasteiger partial charge in [-0.15, -0.1) is 5.10 Å². The van der Waals surface area contributed by atoms with Crippen molar-refractivity contribution >= 4 is 17.2 Å². The highest BCUT2D eigenvalue weighted by atomic mass is 32.1. The van der Waals surface area contributed by atoms with Gasteiger partial charge in [-0.05, 0) is 48.6 Å². The summed E-state index contributed by atoms with van der Waals surface area (Å²) in [6.07, 6.45) is 8.69. The van der Waals surface area contributed by atoms with Crippen LogP contribution in [0.3, 0.4) is 0 Å². The second-order valence-electron chi connectivity index (χ2n) is 6.09. The molecule has 0 spiro atoms. The molecule has 0 radical (unpaired) electrons. The number of nitrogens with zero attached hydrogens (tertiary/aromatic N) is 3. The van der Waals surface area contributed by atoms with E-state index in [0.29, 0.717) is 11.7 Å². The summed E-state index contributed by atoms with van der Waals surface area (Å²) in [6.45, 7) is 2.02. The third-order valence-electron chi connectivity index (χ3n) is 4.19. The highest BCUT2D eigenvalue weighted by molar-refractivity contribution is 7.07. The highest BCUT2D eigenvalue weighted by Crippen LogP contribution is 2.27. The van der Waals surface area contributed by atoms with Crippen LogP contribution in [-0.2, 0) is 6.42 Å². The van der Waals surface area contributed by atoms with Gasteiger partial charge in [-0.3, -0.25) is 4.79 Å². The Labute approximate surface area is 134 Å². The first-order valence-electron chi connectivity index (χ1n) is 7.96.